The first kappa shape index (κ1) is 12.2. The Balaban J connectivity index is 2.04. The van der Waals surface area contributed by atoms with Gasteiger partial charge in [0, 0.05) is 12.6 Å². The molecule has 0 atom stereocenters. The molecule has 0 aromatic carbocycles. The van der Waals surface area contributed by atoms with Crippen LogP contribution < -0.4 is 5.73 Å². The largest absolute Gasteiger partial charge is 0.455 e. The summed E-state index contributed by atoms with van der Waals surface area (Å²) < 4.78 is 5.42. The van der Waals surface area contributed by atoms with Gasteiger partial charge in [-0.3, -0.25) is 4.79 Å². The van der Waals surface area contributed by atoms with E-state index < -0.39 is 0 Å². The molecule has 0 aliphatic heterocycles. The van der Waals surface area contributed by atoms with Gasteiger partial charge in [0.2, 0.25) is 0 Å². The average molecular weight is 236 g/mol. The first-order chi connectivity index (χ1) is 8.26. The zero-order valence-electron chi connectivity index (χ0n) is 10.3. The van der Waals surface area contributed by atoms with Crippen molar-refractivity contribution in [2.75, 3.05) is 6.54 Å². The Labute approximate surface area is 102 Å². The van der Waals surface area contributed by atoms with Crippen molar-refractivity contribution in [3.05, 3.63) is 23.7 Å². The van der Waals surface area contributed by atoms with Gasteiger partial charge >= 0.3 is 0 Å². The number of rotatable bonds is 6. The van der Waals surface area contributed by atoms with Gasteiger partial charge in [0.1, 0.15) is 5.76 Å². The number of amides is 1. The maximum atomic E-state index is 12.3. The Bertz CT molecular complexity index is 383. The number of hydrogen-bond donors (Lipinski definition) is 1. The second-order valence-electron chi connectivity index (χ2n) is 4.55. The van der Waals surface area contributed by atoms with Crippen molar-refractivity contribution < 1.29 is 9.21 Å². The second-order valence-corrected chi connectivity index (χ2v) is 4.55. The van der Waals surface area contributed by atoms with E-state index in [0.29, 0.717) is 24.1 Å². The zero-order valence-corrected chi connectivity index (χ0v) is 10.3. The number of nitrogens with zero attached hydrogens (tertiary/aromatic N) is 1. The molecule has 0 unspecified atom stereocenters. The van der Waals surface area contributed by atoms with Gasteiger partial charge in [0.25, 0.3) is 5.91 Å². The number of carbonyl (C=O) groups is 1. The summed E-state index contributed by atoms with van der Waals surface area (Å²) >= 11 is 0. The van der Waals surface area contributed by atoms with Crippen molar-refractivity contribution in [2.24, 2.45) is 5.73 Å². The van der Waals surface area contributed by atoms with Crippen LogP contribution in [-0.4, -0.2) is 23.4 Å². The number of unbranched alkanes of at least 4 members (excludes halogenated alkanes) is 1. The molecule has 1 saturated carbocycles. The second kappa shape index (κ2) is 5.36. The molecule has 1 aliphatic carbocycles. The van der Waals surface area contributed by atoms with Gasteiger partial charge in [-0.05, 0) is 31.4 Å². The summed E-state index contributed by atoms with van der Waals surface area (Å²) in [6, 6.07) is 3.93. The van der Waals surface area contributed by atoms with E-state index in [1.54, 1.807) is 12.1 Å². The van der Waals surface area contributed by atoms with Crippen molar-refractivity contribution in [2.45, 2.75) is 45.2 Å². The summed E-state index contributed by atoms with van der Waals surface area (Å²) in [4.78, 5) is 14.2. The van der Waals surface area contributed by atoms with Gasteiger partial charge in [-0.1, -0.05) is 13.3 Å². The zero-order chi connectivity index (χ0) is 12.3. The van der Waals surface area contributed by atoms with Crippen LogP contribution in [0, 0.1) is 0 Å². The third-order valence-corrected chi connectivity index (χ3v) is 3.07. The van der Waals surface area contributed by atoms with Crippen molar-refractivity contribution in [1.29, 1.82) is 0 Å². The Hall–Kier alpha value is -1.29. The smallest absolute Gasteiger partial charge is 0.289 e. The fourth-order valence-electron chi connectivity index (χ4n) is 1.91. The van der Waals surface area contributed by atoms with Crippen LogP contribution in [0.15, 0.2) is 16.5 Å². The molecule has 17 heavy (non-hydrogen) atoms. The van der Waals surface area contributed by atoms with Gasteiger partial charge in [0.05, 0.1) is 6.54 Å². The predicted molar refractivity (Wildman–Crippen MR) is 65.6 cm³/mol. The van der Waals surface area contributed by atoms with E-state index in [2.05, 4.69) is 6.92 Å². The molecule has 4 nitrogen and oxygen atoms in total. The van der Waals surface area contributed by atoms with E-state index in [0.717, 1.165) is 32.2 Å². The lowest BCUT2D eigenvalue weighted by atomic mass is 10.3. The Morgan fingerprint density at radius 3 is 2.82 bits per heavy atom. The van der Waals surface area contributed by atoms with Gasteiger partial charge in [-0.15, -0.1) is 0 Å². The Morgan fingerprint density at radius 2 is 2.29 bits per heavy atom. The van der Waals surface area contributed by atoms with Gasteiger partial charge in [0.15, 0.2) is 5.76 Å². The molecule has 1 aromatic heterocycles. The highest BCUT2D eigenvalue weighted by Crippen LogP contribution is 2.28. The molecule has 1 fully saturated rings. The van der Waals surface area contributed by atoms with Gasteiger partial charge in [-0.25, -0.2) is 0 Å². The number of hydrogen-bond acceptors (Lipinski definition) is 3. The molecule has 1 aliphatic rings. The van der Waals surface area contributed by atoms with Crippen molar-refractivity contribution in [1.82, 2.24) is 4.90 Å². The summed E-state index contributed by atoms with van der Waals surface area (Å²) in [7, 11) is 0. The molecule has 2 N–H and O–H groups in total. The Kier molecular flexibility index (Phi) is 3.84. The lowest BCUT2D eigenvalue weighted by molar-refractivity contribution is 0.0706. The molecule has 0 bridgehead atoms. The molecule has 0 saturated heterocycles. The minimum absolute atomic E-state index is 0.0145. The van der Waals surface area contributed by atoms with Crippen LogP contribution in [0.2, 0.25) is 0 Å². The quantitative estimate of drug-likeness (QED) is 0.823. The maximum absolute atomic E-state index is 12.3. The molecule has 0 spiro atoms. The fraction of sp³-hybridized carbons (Fsp3) is 0.615. The van der Waals surface area contributed by atoms with Crippen LogP contribution >= 0.6 is 0 Å². The van der Waals surface area contributed by atoms with Gasteiger partial charge in [-0.2, -0.15) is 0 Å². The van der Waals surface area contributed by atoms with Crippen molar-refractivity contribution >= 4 is 5.91 Å². The van der Waals surface area contributed by atoms with E-state index in [1.165, 1.54) is 0 Å². The molecular formula is C13H20N2O2. The highest BCUT2D eigenvalue weighted by atomic mass is 16.4. The van der Waals surface area contributed by atoms with E-state index in [-0.39, 0.29) is 5.91 Å². The highest BCUT2D eigenvalue weighted by Gasteiger charge is 2.33. The average Bonchev–Trinajstić information content (AvgIpc) is 3.06. The monoisotopic (exact) mass is 236 g/mol. The molecule has 4 heteroatoms. The Morgan fingerprint density at radius 1 is 1.53 bits per heavy atom. The predicted octanol–water partition coefficient (Wildman–Crippen LogP) is 2.14. The molecule has 2 rings (SSSR count). The molecular weight excluding hydrogens is 216 g/mol. The SMILES string of the molecule is CCCCN(C(=O)c1ccc(CN)o1)C1CC1. The standard InChI is InChI=1S/C13H20N2O2/c1-2-3-8-15(10-4-5-10)13(16)12-7-6-11(9-14)17-12/h6-7,10H,2-5,8-9,14H2,1H3. The van der Waals surface area contributed by atoms with E-state index in [4.69, 9.17) is 10.2 Å². The minimum Gasteiger partial charge on any atom is -0.455 e. The van der Waals surface area contributed by atoms with Crippen LogP contribution in [0.5, 0.6) is 0 Å². The van der Waals surface area contributed by atoms with Crippen molar-refractivity contribution in [3.8, 4) is 0 Å². The molecule has 1 heterocycles. The molecule has 0 radical (unpaired) electrons. The van der Waals surface area contributed by atoms with E-state index >= 15 is 0 Å². The minimum atomic E-state index is 0.0145. The number of furan rings is 1. The summed E-state index contributed by atoms with van der Waals surface area (Å²) in [5.41, 5.74) is 5.47. The maximum Gasteiger partial charge on any atom is 0.289 e. The lowest BCUT2D eigenvalue weighted by Crippen LogP contribution is -2.33. The molecule has 1 amide bonds. The summed E-state index contributed by atoms with van der Waals surface area (Å²) in [5.74, 6) is 1.11. The third-order valence-electron chi connectivity index (χ3n) is 3.07. The third kappa shape index (κ3) is 2.88. The number of carbonyl (C=O) groups excluding carboxylic acids is 1. The summed E-state index contributed by atoms with van der Waals surface area (Å²) in [5, 5.41) is 0. The van der Waals surface area contributed by atoms with Crippen LogP contribution in [0.4, 0.5) is 0 Å². The lowest BCUT2D eigenvalue weighted by Gasteiger charge is -2.20. The van der Waals surface area contributed by atoms with Crippen LogP contribution in [-0.2, 0) is 6.54 Å². The summed E-state index contributed by atoms with van der Waals surface area (Å²) in [6.45, 7) is 3.30. The van der Waals surface area contributed by atoms with Crippen LogP contribution in [0.1, 0.15) is 48.9 Å². The first-order valence-corrected chi connectivity index (χ1v) is 6.36. The highest BCUT2D eigenvalue weighted by molar-refractivity contribution is 5.92. The van der Waals surface area contributed by atoms with Gasteiger partial charge < -0.3 is 15.1 Å². The molecule has 1 aromatic rings. The van der Waals surface area contributed by atoms with E-state index in [1.807, 2.05) is 4.90 Å². The topological polar surface area (TPSA) is 59.5 Å². The normalized spacial score (nSPS) is 14.9. The van der Waals surface area contributed by atoms with Crippen LogP contribution in [0.3, 0.4) is 0 Å². The van der Waals surface area contributed by atoms with Crippen molar-refractivity contribution in [3.63, 3.8) is 0 Å². The van der Waals surface area contributed by atoms with Crippen LogP contribution in [0.25, 0.3) is 0 Å². The van der Waals surface area contributed by atoms with E-state index in [9.17, 15) is 4.79 Å². The summed E-state index contributed by atoms with van der Waals surface area (Å²) in [6.07, 6.45) is 4.40. The fourth-order valence-corrected chi connectivity index (χ4v) is 1.91. The molecule has 94 valence electrons. The number of nitrogens with two attached hydrogens (primary N) is 1. The first-order valence-electron chi connectivity index (χ1n) is 6.36.